The van der Waals surface area contributed by atoms with Crippen LogP contribution in [0.3, 0.4) is 0 Å². The molecule has 5 nitrogen and oxygen atoms in total. The van der Waals surface area contributed by atoms with Crippen molar-refractivity contribution in [1.82, 2.24) is 4.90 Å². The SMILES string of the molecule is CCO[C@@H]1[C@H]2CC[C@H]1OCCN2C(=O)COc1ccccc1. The molecule has 1 aliphatic carbocycles. The summed E-state index contributed by atoms with van der Waals surface area (Å²) in [4.78, 5) is 14.4. The summed E-state index contributed by atoms with van der Waals surface area (Å²) in [6.45, 7) is 3.87. The van der Waals surface area contributed by atoms with Gasteiger partial charge in [0.1, 0.15) is 11.9 Å². The maximum atomic E-state index is 12.6. The van der Waals surface area contributed by atoms with Gasteiger partial charge in [0.2, 0.25) is 0 Å². The average Bonchev–Trinajstić information content (AvgIpc) is 2.82. The van der Waals surface area contributed by atoms with Crippen molar-refractivity contribution in [2.45, 2.75) is 38.0 Å². The van der Waals surface area contributed by atoms with E-state index in [9.17, 15) is 4.79 Å². The fourth-order valence-corrected chi connectivity index (χ4v) is 3.36. The number of hydrogen-bond acceptors (Lipinski definition) is 4. The molecule has 22 heavy (non-hydrogen) atoms. The van der Waals surface area contributed by atoms with Gasteiger partial charge >= 0.3 is 0 Å². The van der Waals surface area contributed by atoms with Crippen LogP contribution in [0.15, 0.2) is 30.3 Å². The van der Waals surface area contributed by atoms with Crippen LogP contribution in [0.5, 0.6) is 5.75 Å². The number of rotatable bonds is 5. The van der Waals surface area contributed by atoms with E-state index in [1.807, 2.05) is 42.2 Å². The molecule has 1 saturated heterocycles. The Labute approximate surface area is 131 Å². The summed E-state index contributed by atoms with van der Waals surface area (Å²) in [6, 6.07) is 9.53. The smallest absolute Gasteiger partial charge is 0.260 e. The van der Waals surface area contributed by atoms with Gasteiger partial charge in [-0.15, -0.1) is 0 Å². The number of benzene rings is 1. The van der Waals surface area contributed by atoms with Gasteiger partial charge in [0.25, 0.3) is 5.91 Å². The predicted octanol–water partition coefficient (Wildman–Crippen LogP) is 1.86. The first-order valence-corrected chi connectivity index (χ1v) is 8.00. The normalized spacial score (nSPS) is 27.5. The molecule has 0 unspecified atom stereocenters. The summed E-state index contributed by atoms with van der Waals surface area (Å²) < 4.78 is 17.3. The van der Waals surface area contributed by atoms with E-state index in [1.165, 1.54) is 0 Å². The second-order valence-electron chi connectivity index (χ2n) is 5.66. The lowest BCUT2D eigenvalue weighted by atomic mass is 10.1. The highest BCUT2D eigenvalue weighted by Crippen LogP contribution is 2.32. The molecule has 1 aliphatic heterocycles. The van der Waals surface area contributed by atoms with Gasteiger partial charge in [-0.3, -0.25) is 4.79 Å². The van der Waals surface area contributed by atoms with Crippen LogP contribution in [0, 0.1) is 0 Å². The van der Waals surface area contributed by atoms with E-state index in [0.717, 1.165) is 12.8 Å². The maximum absolute atomic E-state index is 12.6. The second-order valence-corrected chi connectivity index (χ2v) is 5.66. The zero-order chi connectivity index (χ0) is 15.4. The molecule has 2 bridgehead atoms. The van der Waals surface area contributed by atoms with E-state index in [2.05, 4.69) is 0 Å². The molecule has 2 aliphatic rings. The Morgan fingerprint density at radius 3 is 2.91 bits per heavy atom. The number of nitrogens with zero attached hydrogens (tertiary/aromatic N) is 1. The molecule has 120 valence electrons. The summed E-state index contributed by atoms with van der Waals surface area (Å²) >= 11 is 0. The highest BCUT2D eigenvalue weighted by atomic mass is 16.5. The molecular weight excluding hydrogens is 282 g/mol. The van der Waals surface area contributed by atoms with Crippen LogP contribution in [0.2, 0.25) is 0 Å². The van der Waals surface area contributed by atoms with Gasteiger partial charge in [0.05, 0.1) is 18.8 Å². The molecule has 1 heterocycles. The van der Waals surface area contributed by atoms with Gasteiger partial charge in [-0.1, -0.05) is 18.2 Å². The first kappa shape index (κ1) is 15.3. The first-order chi connectivity index (χ1) is 10.8. The molecule has 3 rings (SSSR count). The lowest BCUT2D eigenvalue weighted by Crippen LogP contribution is -2.48. The summed E-state index contributed by atoms with van der Waals surface area (Å²) in [7, 11) is 0. The van der Waals surface area contributed by atoms with Crippen molar-refractivity contribution in [3.05, 3.63) is 30.3 Å². The summed E-state index contributed by atoms with van der Waals surface area (Å²) in [5.41, 5.74) is 0. The average molecular weight is 305 g/mol. The topological polar surface area (TPSA) is 48.0 Å². The number of carbonyl (C=O) groups is 1. The van der Waals surface area contributed by atoms with Crippen LogP contribution >= 0.6 is 0 Å². The molecule has 5 heteroatoms. The zero-order valence-electron chi connectivity index (χ0n) is 12.9. The number of ether oxygens (including phenoxy) is 3. The minimum atomic E-state index is -0.00632. The number of carbonyl (C=O) groups excluding carboxylic acids is 1. The molecule has 1 amide bonds. The Morgan fingerprint density at radius 2 is 2.14 bits per heavy atom. The third kappa shape index (κ3) is 3.25. The van der Waals surface area contributed by atoms with Crippen molar-refractivity contribution < 1.29 is 19.0 Å². The van der Waals surface area contributed by atoms with Crippen molar-refractivity contribution in [3.8, 4) is 5.75 Å². The van der Waals surface area contributed by atoms with E-state index >= 15 is 0 Å². The van der Waals surface area contributed by atoms with Crippen LogP contribution in [-0.2, 0) is 14.3 Å². The van der Waals surface area contributed by atoms with Crippen molar-refractivity contribution in [1.29, 1.82) is 0 Å². The molecule has 1 saturated carbocycles. The Bertz CT molecular complexity index is 493. The van der Waals surface area contributed by atoms with Gasteiger partial charge in [0, 0.05) is 13.2 Å². The third-order valence-corrected chi connectivity index (χ3v) is 4.34. The van der Waals surface area contributed by atoms with E-state index < -0.39 is 0 Å². The minimum Gasteiger partial charge on any atom is -0.484 e. The molecule has 2 fully saturated rings. The highest BCUT2D eigenvalue weighted by Gasteiger charge is 2.44. The lowest BCUT2D eigenvalue weighted by molar-refractivity contribution is -0.138. The fourth-order valence-electron chi connectivity index (χ4n) is 3.36. The van der Waals surface area contributed by atoms with Gasteiger partial charge in [-0.2, -0.15) is 0 Å². The maximum Gasteiger partial charge on any atom is 0.260 e. The summed E-state index contributed by atoms with van der Waals surface area (Å²) in [6.07, 6.45) is 2.01. The molecule has 0 N–H and O–H groups in total. The van der Waals surface area contributed by atoms with E-state index in [0.29, 0.717) is 25.5 Å². The van der Waals surface area contributed by atoms with E-state index in [-0.39, 0.29) is 30.8 Å². The second kappa shape index (κ2) is 7.11. The standard InChI is InChI=1S/C17H23NO4/c1-2-20-17-14-8-9-15(17)21-11-10-18(14)16(19)12-22-13-6-4-3-5-7-13/h3-7,14-15,17H,2,8-12H2,1H3/t14-,15-,17-/m1/s1. The summed E-state index contributed by atoms with van der Waals surface area (Å²) in [5, 5.41) is 0. The third-order valence-electron chi connectivity index (χ3n) is 4.34. The fraction of sp³-hybridized carbons (Fsp3) is 0.588. The molecule has 1 aromatic carbocycles. The van der Waals surface area contributed by atoms with E-state index in [4.69, 9.17) is 14.2 Å². The summed E-state index contributed by atoms with van der Waals surface area (Å²) in [5.74, 6) is 0.720. The van der Waals surface area contributed by atoms with Crippen LogP contribution in [0.1, 0.15) is 19.8 Å². The Kier molecular flexibility index (Phi) is 4.95. The van der Waals surface area contributed by atoms with Crippen molar-refractivity contribution >= 4 is 5.91 Å². The van der Waals surface area contributed by atoms with Crippen molar-refractivity contribution in [2.75, 3.05) is 26.4 Å². The number of para-hydroxylation sites is 1. The van der Waals surface area contributed by atoms with Gasteiger partial charge in [-0.05, 0) is 31.9 Å². The van der Waals surface area contributed by atoms with Gasteiger partial charge < -0.3 is 19.1 Å². The predicted molar refractivity (Wildman–Crippen MR) is 81.8 cm³/mol. The van der Waals surface area contributed by atoms with Gasteiger partial charge in [-0.25, -0.2) is 0 Å². The molecule has 0 spiro atoms. The molecular formula is C17H23NO4. The number of amides is 1. The Morgan fingerprint density at radius 1 is 1.32 bits per heavy atom. The number of fused-ring (bicyclic) bond motifs is 2. The molecule has 0 radical (unpaired) electrons. The molecule has 3 atom stereocenters. The largest absolute Gasteiger partial charge is 0.484 e. The first-order valence-electron chi connectivity index (χ1n) is 8.00. The van der Waals surface area contributed by atoms with Crippen molar-refractivity contribution in [2.24, 2.45) is 0 Å². The van der Waals surface area contributed by atoms with Crippen LogP contribution in [-0.4, -0.2) is 55.4 Å². The van der Waals surface area contributed by atoms with Crippen LogP contribution in [0.25, 0.3) is 0 Å². The number of hydrogen-bond donors (Lipinski definition) is 0. The van der Waals surface area contributed by atoms with E-state index in [1.54, 1.807) is 0 Å². The molecule has 0 aromatic heterocycles. The van der Waals surface area contributed by atoms with Crippen molar-refractivity contribution in [3.63, 3.8) is 0 Å². The van der Waals surface area contributed by atoms with Crippen LogP contribution in [0.4, 0.5) is 0 Å². The van der Waals surface area contributed by atoms with Crippen LogP contribution < -0.4 is 4.74 Å². The zero-order valence-corrected chi connectivity index (χ0v) is 12.9. The monoisotopic (exact) mass is 305 g/mol. The highest BCUT2D eigenvalue weighted by molar-refractivity contribution is 5.78. The Hall–Kier alpha value is -1.59. The quantitative estimate of drug-likeness (QED) is 0.833. The Balaban J connectivity index is 1.63. The minimum absolute atomic E-state index is 0.00436. The molecule has 1 aromatic rings. The van der Waals surface area contributed by atoms with Gasteiger partial charge in [0.15, 0.2) is 6.61 Å². The lowest BCUT2D eigenvalue weighted by Gasteiger charge is -2.31.